The van der Waals surface area contributed by atoms with Gasteiger partial charge in [0, 0.05) is 0 Å². The van der Waals surface area contributed by atoms with Gasteiger partial charge in [-0.25, -0.2) is 9.13 Å². The van der Waals surface area contributed by atoms with Crippen molar-refractivity contribution in [2.75, 3.05) is 0 Å². The van der Waals surface area contributed by atoms with Crippen molar-refractivity contribution >= 4 is 0 Å². The van der Waals surface area contributed by atoms with E-state index in [-0.39, 0.29) is 0 Å². The SMILES string of the molecule is CC[C@H](c1ccccc1)n1cc[n+]([C@H](CC)c2ccccc2)c1. The fraction of sp³-hybridized carbons (Fsp3) is 0.286. The summed E-state index contributed by atoms with van der Waals surface area (Å²) in [5.41, 5.74) is 2.73. The normalized spacial score (nSPS) is 13.7. The molecule has 2 nitrogen and oxygen atoms in total. The molecule has 0 fully saturated rings. The third kappa shape index (κ3) is 3.37. The van der Waals surface area contributed by atoms with Crippen molar-refractivity contribution in [1.29, 1.82) is 0 Å². The number of hydrogen-bond donors (Lipinski definition) is 0. The third-order valence-corrected chi connectivity index (χ3v) is 4.54. The van der Waals surface area contributed by atoms with E-state index < -0.39 is 0 Å². The molecule has 0 amide bonds. The molecule has 2 aromatic carbocycles. The molecule has 1 heterocycles. The second-order valence-corrected chi connectivity index (χ2v) is 5.98. The average Bonchev–Trinajstić information content (AvgIpc) is 3.08. The molecule has 2 atom stereocenters. The van der Waals surface area contributed by atoms with Crippen LogP contribution >= 0.6 is 0 Å². The maximum absolute atomic E-state index is 2.33. The van der Waals surface area contributed by atoms with Crippen LogP contribution in [0.3, 0.4) is 0 Å². The van der Waals surface area contributed by atoms with Gasteiger partial charge in [-0.1, -0.05) is 74.5 Å². The van der Waals surface area contributed by atoms with Crippen LogP contribution in [0.5, 0.6) is 0 Å². The molecule has 3 rings (SSSR count). The number of benzene rings is 2. The van der Waals surface area contributed by atoms with Gasteiger partial charge in [0.15, 0.2) is 0 Å². The van der Waals surface area contributed by atoms with E-state index in [0.29, 0.717) is 12.1 Å². The Kier molecular flexibility index (Phi) is 4.92. The summed E-state index contributed by atoms with van der Waals surface area (Å²) in [6.45, 7) is 4.49. The zero-order valence-electron chi connectivity index (χ0n) is 14.0. The summed E-state index contributed by atoms with van der Waals surface area (Å²) >= 11 is 0. The summed E-state index contributed by atoms with van der Waals surface area (Å²) in [7, 11) is 0. The van der Waals surface area contributed by atoms with E-state index in [2.05, 4.69) is 102 Å². The molecule has 0 unspecified atom stereocenters. The molecule has 0 saturated carbocycles. The van der Waals surface area contributed by atoms with Gasteiger partial charge in [-0.3, -0.25) is 0 Å². The van der Waals surface area contributed by atoms with Crippen LogP contribution in [-0.2, 0) is 0 Å². The molecule has 0 aliphatic heterocycles. The van der Waals surface area contributed by atoms with E-state index in [0.717, 1.165) is 12.8 Å². The molecule has 23 heavy (non-hydrogen) atoms. The number of aromatic nitrogens is 2. The Balaban J connectivity index is 1.90. The predicted molar refractivity (Wildman–Crippen MR) is 94.4 cm³/mol. The smallest absolute Gasteiger partial charge is 0.230 e. The first kappa shape index (κ1) is 15.5. The first-order valence-corrected chi connectivity index (χ1v) is 8.51. The van der Waals surface area contributed by atoms with Gasteiger partial charge in [0.05, 0.1) is 0 Å². The topological polar surface area (TPSA) is 8.81 Å². The van der Waals surface area contributed by atoms with Gasteiger partial charge < -0.3 is 0 Å². The summed E-state index contributed by atoms with van der Waals surface area (Å²) in [5, 5.41) is 0. The van der Waals surface area contributed by atoms with Gasteiger partial charge in [0.25, 0.3) is 0 Å². The van der Waals surface area contributed by atoms with Crippen molar-refractivity contribution in [2.45, 2.75) is 38.8 Å². The monoisotopic (exact) mass is 305 g/mol. The van der Waals surface area contributed by atoms with Crippen LogP contribution in [0.15, 0.2) is 79.4 Å². The minimum absolute atomic E-state index is 0.394. The maximum atomic E-state index is 2.33. The quantitative estimate of drug-likeness (QED) is 0.580. The van der Waals surface area contributed by atoms with Gasteiger partial charge in [-0.2, -0.15) is 0 Å². The van der Waals surface area contributed by atoms with Gasteiger partial charge in [-0.05, 0) is 24.0 Å². The van der Waals surface area contributed by atoms with Crippen LogP contribution in [0.2, 0.25) is 0 Å². The highest BCUT2D eigenvalue weighted by atomic mass is 15.1. The molecule has 0 aliphatic carbocycles. The molecule has 0 aliphatic rings. The van der Waals surface area contributed by atoms with Crippen molar-refractivity contribution in [3.63, 3.8) is 0 Å². The lowest BCUT2D eigenvalue weighted by molar-refractivity contribution is -0.713. The second-order valence-electron chi connectivity index (χ2n) is 5.98. The first-order chi connectivity index (χ1) is 11.3. The van der Waals surface area contributed by atoms with Gasteiger partial charge in [0.1, 0.15) is 24.5 Å². The van der Waals surface area contributed by atoms with Crippen LogP contribution < -0.4 is 4.57 Å². The summed E-state index contributed by atoms with van der Waals surface area (Å²) < 4.78 is 4.67. The molecular formula is C21H25N2+. The van der Waals surface area contributed by atoms with Crippen molar-refractivity contribution < 1.29 is 4.57 Å². The maximum Gasteiger partial charge on any atom is 0.244 e. The highest BCUT2D eigenvalue weighted by Gasteiger charge is 2.21. The highest BCUT2D eigenvalue weighted by molar-refractivity contribution is 5.20. The van der Waals surface area contributed by atoms with E-state index in [4.69, 9.17) is 0 Å². The lowest BCUT2D eigenvalue weighted by Gasteiger charge is -2.13. The molecular weight excluding hydrogens is 280 g/mol. The number of rotatable bonds is 6. The summed E-state index contributed by atoms with van der Waals surface area (Å²) in [5.74, 6) is 0. The van der Waals surface area contributed by atoms with E-state index >= 15 is 0 Å². The van der Waals surface area contributed by atoms with Crippen LogP contribution in [0.25, 0.3) is 0 Å². The third-order valence-electron chi connectivity index (χ3n) is 4.54. The van der Waals surface area contributed by atoms with Gasteiger partial charge >= 0.3 is 0 Å². The zero-order valence-corrected chi connectivity index (χ0v) is 14.0. The Labute approximate surface area is 139 Å². The van der Waals surface area contributed by atoms with Crippen molar-refractivity contribution in [2.24, 2.45) is 0 Å². The Morgan fingerprint density at radius 1 is 0.826 bits per heavy atom. The van der Waals surface area contributed by atoms with Crippen molar-refractivity contribution in [1.82, 2.24) is 4.57 Å². The minimum Gasteiger partial charge on any atom is -0.230 e. The van der Waals surface area contributed by atoms with E-state index in [1.54, 1.807) is 0 Å². The summed E-state index contributed by atoms with van der Waals surface area (Å²) in [4.78, 5) is 0. The standard InChI is InChI=1S/C21H25N2/c1-3-20(18-11-7-5-8-12-18)22-15-16-23(17-22)21(4-2)19-13-9-6-10-14-19/h5-17,20-21H,3-4H2,1-2H3/q+1/t20-,21-/m1/s1. The Hall–Kier alpha value is -2.35. The minimum atomic E-state index is 0.394. The van der Waals surface area contributed by atoms with Crippen LogP contribution in [0.1, 0.15) is 49.9 Å². The molecule has 0 radical (unpaired) electrons. The molecule has 0 bridgehead atoms. The molecule has 3 aromatic rings. The molecule has 1 aromatic heterocycles. The van der Waals surface area contributed by atoms with Crippen LogP contribution in [0.4, 0.5) is 0 Å². The molecule has 0 N–H and O–H groups in total. The number of hydrogen-bond acceptors (Lipinski definition) is 0. The zero-order chi connectivity index (χ0) is 16.1. The predicted octanol–water partition coefficient (Wildman–Crippen LogP) is 4.77. The largest absolute Gasteiger partial charge is 0.244 e. The van der Waals surface area contributed by atoms with Gasteiger partial charge in [0.2, 0.25) is 6.33 Å². The lowest BCUT2D eigenvalue weighted by atomic mass is 10.0. The average molecular weight is 305 g/mol. The number of nitrogens with zero attached hydrogens (tertiary/aromatic N) is 2. The van der Waals surface area contributed by atoms with Crippen molar-refractivity contribution in [3.05, 3.63) is 90.5 Å². The molecule has 2 heteroatoms. The molecule has 118 valence electrons. The first-order valence-electron chi connectivity index (χ1n) is 8.51. The summed E-state index contributed by atoms with van der Waals surface area (Å²) in [6.07, 6.45) is 8.82. The van der Waals surface area contributed by atoms with E-state index in [1.165, 1.54) is 11.1 Å². The molecule has 0 saturated heterocycles. The fourth-order valence-electron chi connectivity index (χ4n) is 3.34. The van der Waals surface area contributed by atoms with Gasteiger partial charge in [-0.15, -0.1) is 0 Å². The van der Waals surface area contributed by atoms with Crippen LogP contribution in [0, 0.1) is 0 Å². The lowest BCUT2D eigenvalue weighted by Crippen LogP contribution is -2.38. The van der Waals surface area contributed by atoms with Crippen LogP contribution in [-0.4, -0.2) is 4.57 Å². The fourth-order valence-corrected chi connectivity index (χ4v) is 3.34. The van der Waals surface area contributed by atoms with Crippen molar-refractivity contribution in [3.8, 4) is 0 Å². The Morgan fingerprint density at radius 2 is 1.43 bits per heavy atom. The summed E-state index contributed by atoms with van der Waals surface area (Å²) in [6, 6.07) is 22.3. The Morgan fingerprint density at radius 3 is 2.00 bits per heavy atom. The van der Waals surface area contributed by atoms with E-state index in [9.17, 15) is 0 Å². The second kappa shape index (κ2) is 7.28. The number of imidazole rings is 1. The molecule has 0 spiro atoms. The van der Waals surface area contributed by atoms with E-state index in [1.807, 2.05) is 0 Å². The Bertz CT molecular complexity index is 654. The highest BCUT2D eigenvalue weighted by Crippen LogP contribution is 2.22.